The molecule has 1 N–H and O–H groups in total. The van der Waals surface area contributed by atoms with Gasteiger partial charge < -0.3 is 5.11 Å². The largest absolute Gasteiger partial charge is 0.393 e. The summed E-state index contributed by atoms with van der Waals surface area (Å²) in [6, 6.07) is 8.69. The van der Waals surface area contributed by atoms with Crippen LogP contribution in [0.5, 0.6) is 0 Å². The zero-order valence-corrected chi connectivity index (χ0v) is 11.1. The van der Waals surface area contributed by atoms with E-state index in [0.29, 0.717) is 5.02 Å². The molecular formula is C12H16ClCrO-. The fourth-order valence-corrected chi connectivity index (χ4v) is 1.66. The van der Waals surface area contributed by atoms with E-state index in [0.717, 1.165) is 18.4 Å². The minimum atomic E-state index is -0.297. The molecule has 3 heteroatoms. The van der Waals surface area contributed by atoms with Crippen LogP contribution >= 0.6 is 11.6 Å². The Labute approximate surface area is 108 Å². The Morgan fingerprint density at radius 2 is 2.13 bits per heavy atom. The fraction of sp³-hybridized carbons (Fsp3) is 0.500. The Morgan fingerprint density at radius 3 is 2.67 bits per heavy atom. The van der Waals surface area contributed by atoms with E-state index in [-0.39, 0.29) is 29.4 Å². The van der Waals surface area contributed by atoms with Crippen LogP contribution in [0.2, 0.25) is 5.02 Å². The van der Waals surface area contributed by atoms with Crippen molar-refractivity contribution in [1.29, 1.82) is 0 Å². The van der Waals surface area contributed by atoms with E-state index in [4.69, 9.17) is 11.6 Å². The third-order valence-corrected chi connectivity index (χ3v) is 2.65. The van der Waals surface area contributed by atoms with Gasteiger partial charge in [0.25, 0.3) is 0 Å². The third kappa shape index (κ3) is 4.57. The average molecular weight is 264 g/mol. The quantitative estimate of drug-likeness (QED) is 0.826. The van der Waals surface area contributed by atoms with E-state index in [1.807, 2.05) is 19.1 Å². The molecule has 0 aliphatic heterocycles. The van der Waals surface area contributed by atoms with Crippen molar-refractivity contribution in [3.05, 3.63) is 34.9 Å². The summed E-state index contributed by atoms with van der Waals surface area (Å²) in [5, 5.41) is 10.4. The summed E-state index contributed by atoms with van der Waals surface area (Å²) in [4.78, 5) is 0. The van der Waals surface area contributed by atoms with E-state index in [9.17, 15) is 5.11 Å². The second-order valence-electron chi connectivity index (χ2n) is 3.60. The second kappa shape index (κ2) is 7.30. The van der Waals surface area contributed by atoms with Gasteiger partial charge in [-0.05, 0) is 12.3 Å². The first kappa shape index (κ1) is 15.0. The molecular weight excluding hydrogens is 248 g/mol. The zero-order valence-electron chi connectivity index (χ0n) is 9.03. The van der Waals surface area contributed by atoms with Crippen molar-refractivity contribution in [2.75, 3.05) is 0 Å². The fourth-order valence-electron chi connectivity index (χ4n) is 1.48. The van der Waals surface area contributed by atoms with E-state index in [1.54, 1.807) is 6.07 Å². The van der Waals surface area contributed by atoms with Crippen LogP contribution in [-0.4, -0.2) is 11.2 Å². The number of rotatable bonds is 4. The van der Waals surface area contributed by atoms with Crippen LogP contribution < -0.4 is 0 Å². The van der Waals surface area contributed by atoms with Gasteiger partial charge >= 0.3 is 0 Å². The molecule has 0 heterocycles. The number of benzene rings is 1. The number of hydrogen-bond acceptors (Lipinski definition) is 1. The summed E-state index contributed by atoms with van der Waals surface area (Å²) in [5.74, 6) is 0.105. The summed E-state index contributed by atoms with van der Waals surface area (Å²) in [5.41, 5.74) is 0.985. The smallest absolute Gasteiger partial charge is 0.0585 e. The van der Waals surface area contributed by atoms with Crippen LogP contribution in [0.25, 0.3) is 0 Å². The maximum Gasteiger partial charge on any atom is 0.0585 e. The van der Waals surface area contributed by atoms with Crippen molar-refractivity contribution in [3.63, 3.8) is 0 Å². The molecule has 15 heavy (non-hydrogen) atoms. The summed E-state index contributed by atoms with van der Waals surface area (Å²) in [7, 11) is 0. The molecule has 1 rings (SSSR count). The van der Waals surface area contributed by atoms with E-state index in [1.165, 1.54) is 0 Å². The molecule has 0 unspecified atom stereocenters. The predicted molar refractivity (Wildman–Crippen MR) is 59.6 cm³/mol. The van der Waals surface area contributed by atoms with Gasteiger partial charge in [-0.1, -0.05) is 25.3 Å². The second-order valence-corrected chi connectivity index (χ2v) is 4.01. The van der Waals surface area contributed by atoms with Gasteiger partial charge in [-0.15, -0.1) is 11.6 Å². The summed E-state index contributed by atoms with van der Waals surface area (Å²) >= 11 is 5.83. The normalized spacial score (nSPS) is 14.1. The van der Waals surface area contributed by atoms with Gasteiger partial charge in [0.2, 0.25) is 0 Å². The standard InChI is InChI=1S/C12H16ClO.Cr/c1-3-5-12(14)9(2)10-6-4-7-11(13)8-10;/h4,6-7,9,12,14H,3,5H2,1-2H3;/q-1;/t9-,12-;/m1./s1. The molecule has 0 aliphatic rings. The molecule has 0 spiro atoms. The summed E-state index contributed by atoms with van der Waals surface area (Å²) in [6.45, 7) is 4.07. The van der Waals surface area contributed by atoms with Crippen LogP contribution in [0.15, 0.2) is 18.2 Å². The Kier molecular flexibility index (Phi) is 7.31. The molecule has 2 atom stereocenters. The molecule has 0 radical (unpaired) electrons. The van der Waals surface area contributed by atoms with Gasteiger partial charge in [-0.25, -0.2) is 0 Å². The van der Waals surface area contributed by atoms with Crippen LogP contribution in [-0.2, 0) is 17.4 Å². The molecule has 84 valence electrons. The summed E-state index contributed by atoms with van der Waals surface area (Å²) in [6.07, 6.45) is 1.52. The number of halogens is 1. The maximum atomic E-state index is 9.80. The van der Waals surface area contributed by atoms with Crippen molar-refractivity contribution >= 4 is 11.6 Å². The third-order valence-electron chi connectivity index (χ3n) is 2.43. The molecule has 0 saturated heterocycles. The van der Waals surface area contributed by atoms with Gasteiger partial charge in [0.15, 0.2) is 0 Å². The van der Waals surface area contributed by atoms with Gasteiger partial charge in [0.05, 0.1) is 6.10 Å². The van der Waals surface area contributed by atoms with E-state index >= 15 is 0 Å². The molecule has 0 aliphatic carbocycles. The number of aliphatic hydroxyl groups excluding tert-OH is 1. The Hall–Kier alpha value is 0.00247. The predicted octanol–water partition coefficient (Wildman–Crippen LogP) is 3.40. The molecule has 0 bridgehead atoms. The molecule has 1 aromatic carbocycles. The topological polar surface area (TPSA) is 20.2 Å². The molecule has 1 aromatic rings. The first-order valence-corrected chi connectivity index (χ1v) is 5.38. The van der Waals surface area contributed by atoms with E-state index < -0.39 is 0 Å². The van der Waals surface area contributed by atoms with Crippen molar-refractivity contribution in [2.24, 2.45) is 0 Å². The molecule has 0 amide bonds. The minimum absolute atomic E-state index is 0. The van der Waals surface area contributed by atoms with Gasteiger partial charge in [-0.3, -0.25) is 0 Å². The van der Waals surface area contributed by atoms with Gasteiger partial charge in [0.1, 0.15) is 0 Å². The van der Waals surface area contributed by atoms with Gasteiger partial charge in [-0.2, -0.15) is 29.8 Å². The summed E-state index contributed by atoms with van der Waals surface area (Å²) < 4.78 is 0. The van der Waals surface area contributed by atoms with Crippen molar-refractivity contribution in [1.82, 2.24) is 0 Å². The molecule has 0 fully saturated rings. The average Bonchev–Trinajstić information content (AvgIpc) is 2.17. The number of hydrogen-bond donors (Lipinski definition) is 1. The maximum absolute atomic E-state index is 9.80. The van der Waals surface area contributed by atoms with Crippen LogP contribution in [0.3, 0.4) is 0 Å². The molecule has 0 aromatic heterocycles. The van der Waals surface area contributed by atoms with Crippen LogP contribution in [0.4, 0.5) is 0 Å². The Balaban J connectivity index is 0.00000196. The SMILES string of the molecule is CCC[C@@H](O)[C@H](C)c1[c-]c(Cl)ccc1.[Cr]. The van der Waals surface area contributed by atoms with Crippen molar-refractivity contribution in [2.45, 2.75) is 38.7 Å². The minimum Gasteiger partial charge on any atom is -0.393 e. The van der Waals surface area contributed by atoms with Crippen molar-refractivity contribution in [3.8, 4) is 0 Å². The first-order chi connectivity index (χ1) is 6.65. The molecule has 0 saturated carbocycles. The first-order valence-electron chi connectivity index (χ1n) is 5.01. The zero-order chi connectivity index (χ0) is 10.6. The Bertz CT molecular complexity index is 291. The van der Waals surface area contributed by atoms with Crippen LogP contribution in [0, 0.1) is 6.07 Å². The van der Waals surface area contributed by atoms with Crippen molar-refractivity contribution < 1.29 is 22.5 Å². The number of aliphatic hydroxyl groups is 1. The van der Waals surface area contributed by atoms with E-state index in [2.05, 4.69) is 13.0 Å². The van der Waals surface area contributed by atoms with Gasteiger partial charge in [0, 0.05) is 17.4 Å². The molecule has 1 nitrogen and oxygen atoms in total. The monoisotopic (exact) mass is 263 g/mol. The Morgan fingerprint density at radius 1 is 1.47 bits per heavy atom. The van der Waals surface area contributed by atoms with Crippen LogP contribution in [0.1, 0.15) is 38.2 Å².